The van der Waals surface area contributed by atoms with E-state index in [4.69, 9.17) is 4.74 Å². The molecule has 3 aromatic carbocycles. The van der Waals surface area contributed by atoms with Crippen LogP contribution in [0.5, 0.6) is 5.75 Å². The number of nitrogens with zero attached hydrogens (tertiary/aromatic N) is 1. The highest BCUT2D eigenvalue weighted by molar-refractivity contribution is 7.91. The van der Waals surface area contributed by atoms with Crippen LogP contribution in [0.4, 0.5) is 4.39 Å². The number of ether oxygens (including phenoxy) is 1. The van der Waals surface area contributed by atoms with Gasteiger partial charge in [-0.3, -0.25) is 4.98 Å². The van der Waals surface area contributed by atoms with Gasteiger partial charge < -0.3 is 4.74 Å². The Bertz CT molecular complexity index is 1270. The van der Waals surface area contributed by atoms with E-state index in [1.165, 1.54) is 18.3 Å². The van der Waals surface area contributed by atoms with E-state index in [2.05, 4.69) is 4.98 Å². The summed E-state index contributed by atoms with van der Waals surface area (Å²) >= 11 is 0. The molecule has 0 unspecified atom stereocenters. The van der Waals surface area contributed by atoms with Gasteiger partial charge in [0.2, 0.25) is 9.84 Å². The Morgan fingerprint density at radius 2 is 1.69 bits per heavy atom. The van der Waals surface area contributed by atoms with Crippen LogP contribution >= 0.6 is 0 Å². The summed E-state index contributed by atoms with van der Waals surface area (Å²) in [5.74, 6) is -0.829. The zero-order valence-electron chi connectivity index (χ0n) is 15.7. The van der Waals surface area contributed by atoms with Crippen molar-refractivity contribution in [3.05, 3.63) is 95.9 Å². The third-order valence-corrected chi connectivity index (χ3v) is 6.42. The second kappa shape index (κ2) is 7.64. The molecule has 0 spiro atoms. The minimum absolute atomic E-state index is 0.0627. The van der Waals surface area contributed by atoms with Crippen LogP contribution in [-0.4, -0.2) is 13.4 Å². The van der Waals surface area contributed by atoms with E-state index in [0.29, 0.717) is 5.39 Å². The molecule has 6 heteroatoms. The predicted molar refractivity (Wildman–Crippen MR) is 109 cm³/mol. The van der Waals surface area contributed by atoms with Crippen LogP contribution in [0.3, 0.4) is 0 Å². The normalized spacial score (nSPS) is 11.5. The molecule has 29 heavy (non-hydrogen) atoms. The van der Waals surface area contributed by atoms with E-state index < -0.39 is 15.7 Å². The highest BCUT2D eigenvalue weighted by Crippen LogP contribution is 2.35. The summed E-state index contributed by atoms with van der Waals surface area (Å²) in [7, 11) is -3.92. The van der Waals surface area contributed by atoms with Gasteiger partial charge in [0.15, 0.2) is 11.6 Å². The summed E-state index contributed by atoms with van der Waals surface area (Å²) in [6.07, 6.45) is 1.49. The first-order chi connectivity index (χ1) is 14.0. The van der Waals surface area contributed by atoms with Crippen LogP contribution in [0, 0.1) is 12.7 Å². The lowest BCUT2D eigenvalue weighted by Gasteiger charge is -2.14. The Hall–Kier alpha value is -3.25. The van der Waals surface area contributed by atoms with E-state index in [1.807, 2.05) is 37.3 Å². The molecule has 0 saturated heterocycles. The van der Waals surface area contributed by atoms with Gasteiger partial charge in [-0.1, -0.05) is 48.0 Å². The number of hydrogen-bond donors (Lipinski definition) is 0. The second-order valence-electron chi connectivity index (χ2n) is 6.68. The molecule has 4 aromatic rings. The standard InChI is InChI=1S/C23H18FNO3S/c1-16-9-11-18(12-10-16)29(26,27)21-14-20(24)23(22-19(21)8-5-13-25-22)28-15-17-6-3-2-4-7-17/h2-14H,15H2,1H3. The fraction of sp³-hybridized carbons (Fsp3) is 0.0870. The van der Waals surface area contributed by atoms with Crippen molar-refractivity contribution in [3.8, 4) is 5.75 Å². The van der Waals surface area contributed by atoms with Crippen LogP contribution < -0.4 is 4.74 Å². The number of rotatable bonds is 5. The van der Waals surface area contributed by atoms with Crippen molar-refractivity contribution in [2.75, 3.05) is 0 Å². The summed E-state index contributed by atoms with van der Waals surface area (Å²) in [5, 5.41) is 0.317. The summed E-state index contributed by atoms with van der Waals surface area (Å²) in [5.41, 5.74) is 1.98. The maximum absolute atomic E-state index is 15.0. The first kappa shape index (κ1) is 19.1. The van der Waals surface area contributed by atoms with E-state index in [-0.39, 0.29) is 27.7 Å². The number of aryl methyl sites for hydroxylation is 1. The van der Waals surface area contributed by atoms with Crippen LogP contribution in [0.2, 0.25) is 0 Å². The molecular formula is C23H18FNO3S. The number of benzene rings is 3. The van der Waals surface area contributed by atoms with Crippen molar-refractivity contribution < 1.29 is 17.5 Å². The van der Waals surface area contributed by atoms with Gasteiger partial charge in [-0.05, 0) is 42.8 Å². The number of halogens is 1. The third kappa shape index (κ3) is 3.71. The molecule has 4 rings (SSSR count). The number of sulfone groups is 1. The first-order valence-corrected chi connectivity index (χ1v) is 10.5. The van der Waals surface area contributed by atoms with Crippen molar-refractivity contribution in [3.63, 3.8) is 0 Å². The SMILES string of the molecule is Cc1ccc(S(=O)(=O)c2cc(F)c(OCc3ccccc3)c3ncccc23)cc1. The van der Waals surface area contributed by atoms with Gasteiger partial charge in [-0.15, -0.1) is 0 Å². The third-order valence-electron chi connectivity index (χ3n) is 4.61. The van der Waals surface area contributed by atoms with Crippen LogP contribution in [0.1, 0.15) is 11.1 Å². The van der Waals surface area contributed by atoms with Gasteiger partial charge in [-0.2, -0.15) is 0 Å². The van der Waals surface area contributed by atoms with E-state index in [0.717, 1.165) is 17.2 Å². The van der Waals surface area contributed by atoms with Gasteiger partial charge in [0, 0.05) is 11.6 Å². The van der Waals surface area contributed by atoms with E-state index >= 15 is 0 Å². The number of aromatic nitrogens is 1. The highest BCUT2D eigenvalue weighted by atomic mass is 32.2. The Morgan fingerprint density at radius 3 is 2.41 bits per heavy atom. The van der Waals surface area contributed by atoms with Crippen molar-refractivity contribution in [2.24, 2.45) is 0 Å². The van der Waals surface area contributed by atoms with Crippen LogP contribution in [-0.2, 0) is 16.4 Å². The Labute approximate surface area is 168 Å². The van der Waals surface area contributed by atoms with Gasteiger partial charge in [-0.25, -0.2) is 12.8 Å². The fourth-order valence-electron chi connectivity index (χ4n) is 3.09. The number of pyridine rings is 1. The Morgan fingerprint density at radius 1 is 0.966 bits per heavy atom. The molecule has 0 bridgehead atoms. The molecule has 1 heterocycles. The summed E-state index contributed by atoms with van der Waals surface area (Å²) in [4.78, 5) is 4.18. The number of fused-ring (bicyclic) bond motifs is 1. The second-order valence-corrected chi connectivity index (χ2v) is 8.59. The molecule has 0 aliphatic heterocycles. The maximum atomic E-state index is 15.0. The molecule has 0 atom stereocenters. The molecule has 0 fully saturated rings. The minimum Gasteiger partial charge on any atom is -0.484 e. The molecule has 4 nitrogen and oxygen atoms in total. The molecule has 146 valence electrons. The lowest BCUT2D eigenvalue weighted by Crippen LogP contribution is -2.06. The zero-order chi connectivity index (χ0) is 20.4. The molecule has 0 amide bonds. The average molecular weight is 407 g/mol. The van der Waals surface area contributed by atoms with Gasteiger partial charge in [0.05, 0.1) is 9.79 Å². The summed E-state index contributed by atoms with van der Waals surface area (Å²) in [6.45, 7) is 2.02. The minimum atomic E-state index is -3.92. The Balaban J connectivity index is 1.82. The van der Waals surface area contributed by atoms with Crippen molar-refractivity contribution in [2.45, 2.75) is 23.3 Å². The van der Waals surface area contributed by atoms with Crippen molar-refractivity contribution >= 4 is 20.7 Å². The molecule has 0 saturated carbocycles. The monoisotopic (exact) mass is 407 g/mol. The van der Waals surface area contributed by atoms with Crippen molar-refractivity contribution in [1.82, 2.24) is 4.98 Å². The first-order valence-electron chi connectivity index (χ1n) is 9.02. The summed E-state index contributed by atoms with van der Waals surface area (Å²) < 4.78 is 47.0. The van der Waals surface area contributed by atoms with Gasteiger partial charge >= 0.3 is 0 Å². The van der Waals surface area contributed by atoms with E-state index in [9.17, 15) is 12.8 Å². The predicted octanol–water partition coefficient (Wildman–Crippen LogP) is 5.09. The van der Waals surface area contributed by atoms with Gasteiger partial charge in [0.1, 0.15) is 12.1 Å². The molecule has 0 N–H and O–H groups in total. The van der Waals surface area contributed by atoms with Crippen LogP contribution in [0.15, 0.2) is 88.8 Å². The highest BCUT2D eigenvalue weighted by Gasteiger charge is 2.25. The maximum Gasteiger partial charge on any atom is 0.207 e. The number of hydrogen-bond acceptors (Lipinski definition) is 4. The fourth-order valence-corrected chi connectivity index (χ4v) is 4.55. The summed E-state index contributed by atoms with van der Waals surface area (Å²) in [6, 6.07) is 20.0. The quantitative estimate of drug-likeness (QED) is 0.462. The van der Waals surface area contributed by atoms with Gasteiger partial charge in [0.25, 0.3) is 0 Å². The Kier molecular flexibility index (Phi) is 5.03. The topological polar surface area (TPSA) is 56.3 Å². The molecule has 1 aromatic heterocycles. The molecular weight excluding hydrogens is 389 g/mol. The lowest BCUT2D eigenvalue weighted by molar-refractivity contribution is 0.293. The largest absolute Gasteiger partial charge is 0.484 e. The van der Waals surface area contributed by atoms with Crippen molar-refractivity contribution in [1.29, 1.82) is 0 Å². The van der Waals surface area contributed by atoms with Crippen LogP contribution in [0.25, 0.3) is 10.9 Å². The molecule has 0 radical (unpaired) electrons. The molecule has 0 aliphatic rings. The lowest BCUT2D eigenvalue weighted by atomic mass is 10.2. The zero-order valence-corrected chi connectivity index (χ0v) is 16.5. The van der Waals surface area contributed by atoms with E-state index in [1.54, 1.807) is 24.3 Å². The molecule has 0 aliphatic carbocycles. The smallest absolute Gasteiger partial charge is 0.207 e. The average Bonchev–Trinajstić information content (AvgIpc) is 2.73.